The van der Waals surface area contributed by atoms with E-state index in [0.29, 0.717) is 17.4 Å². The average molecular weight is 323 g/mol. The lowest BCUT2D eigenvalue weighted by Crippen LogP contribution is -2.44. The molecular formula is C18H20F3NO. The maximum atomic E-state index is 12.7. The van der Waals surface area contributed by atoms with Crippen LogP contribution in [0.1, 0.15) is 36.8 Å². The highest BCUT2D eigenvalue weighted by Crippen LogP contribution is 2.42. The summed E-state index contributed by atoms with van der Waals surface area (Å²) >= 11 is 0. The monoisotopic (exact) mass is 323 g/mol. The van der Waals surface area contributed by atoms with Gasteiger partial charge in [-0.2, -0.15) is 13.2 Å². The number of rotatable bonds is 3. The number of hydrogen-bond acceptors (Lipinski definition) is 1. The van der Waals surface area contributed by atoms with Crippen molar-refractivity contribution >= 4 is 5.91 Å². The molecule has 23 heavy (non-hydrogen) atoms. The summed E-state index contributed by atoms with van der Waals surface area (Å²) in [5, 5.41) is 0. The maximum Gasteiger partial charge on any atom is 0.416 e. The zero-order valence-electron chi connectivity index (χ0n) is 12.9. The molecule has 0 radical (unpaired) electrons. The Bertz CT molecular complexity index is 613. The molecule has 124 valence electrons. The Labute approximate surface area is 134 Å². The van der Waals surface area contributed by atoms with Gasteiger partial charge in [0.25, 0.3) is 0 Å². The molecule has 1 aromatic rings. The molecule has 1 spiro atoms. The van der Waals surface area contributed by atoms with Crippen LogP contribution >= 0.6 is 0 Å². The van der Waals surface area contributed by atoms with E-state index in [0.717, 1.165) is 44.5 Å². The maximum absolute atomic E-state index is 12.7. The Hall–Kier alpha value is -1.78. The third-order valence-corrected chi connectivity index (χ3v) is 4.99. The molecule has 0 aromatic heterocycles. The van der Waals surface area contributed by atoms with E-state index in [4.69, 9.17) is 0 Å². The number of carbonyl (C=O) groups excluding carboxylic acids is 1. The third-order valence-electron chi connectivity index (χ3n) is 4.99. The fourth-order valence-electron chi connectivity index (χ4n) is 3.34. The molecule has 0 N–H and O–H groups in total. The molecule has 2 nitrogen and oxygen atoms in total. The quantitative estimate of drug-likeness (QED) is 0.763. The fraction of sp³-hybridized carbons (Fsp3) is 0.500. The highest BCUT2D eigenvalue weighted by atomic mass is 19.4. The van der Waals surface area contributed by atoms with Gasteiger partial charge < -0.3 is 4.90 Å². The molecule has 0 bridgehead atoms. The predicted molar refractivity (Wildman–Crippen MR) is 81.8 cm³/mol. The van der Waals surface area contributed by atoms with Gasteiger partial charge in [-0.05, 0) is 42.7 Å². The molecule has 3 rings (SSSR count). The summed E-state index contributed by atoms with van der Waals surface area (Å²) < 4.78 is 38.1. The molecule has 1 aliphatic carbocycles. The van der Waals surface area contributed by atoms with Gasteiger partial charge >= 0.3 is 6.18 Å². The van der Waals surface area contributed by atoms with Crippen LogP contribution in [0.4, 0.5) is 13.2 Å². The predicted octanol–water partition coefficient (Wildman–Crippen LogP) is 4.21. The number of halogens is 3. The number of allylic oxidation sites excluding steroid dienone is 2. The normalized spacial score (nSPS) is 19.7. The van der Waals surface area contributed by atoms with Crippen molar-refractivity contribution < 1.29 is 18.0 Å². The van der Waals surface area contributed by atoms with Gasteiger partial charge in [-0.15, -0.1) is 0 Å². The molecule has 0 saturated carbocycles. The van der Waals surface area contributed by atoms with Crippen molar-refractivity contribution in [1.29, 1.82) is 0 Å². The first-order chi connectivity index (χ1) is 10.9. The lowest BCUT2D eigenvalue weighted by Gasteiger charge is -2.43. The van der Waals surface area contributed by atoms with Crippen LogP contribution in [0.2, 0.25) is 0 Å². The molecule has 0 atom stereocenters. The molecule has 2 aliphatic rings. The van der Waals surface area contributed by atoms with Gasteiger partial charge in [0, 0.05) is 19.5 Å². The number of amides is 1. The first-order valence-electron chi connectivity index (χ1n) is 8.00. The van der Waals surface area contributed by atoms with Crippen LogP contribution in [-0.4, -0.2) is 23.9 Å². The van der Waals surface area contributed by atoms with Gasteiger partial charge in [0.05, 0.1) is 5.56 Å². The standard InChI is InChI=1S/C18H20F3NO/c19-18(20,21)15-4-1-3-14(13-15)5-6-16(23)22-11-9-17(10-12-22)7-2-8-17/h1-4,7,13H,5-6,8-12H2. The molecule has 1 heterocycles. The van der Waals surface area contributed by atoms with Crippen molar-refractivity contribution in [1.82, 2.24) is 4.90 Å². The zero-order chi connectivity index (χ0) is 16.5. The Kier molecular flexibility index (Phi) is 4.21. The molecule has 5 heteroatoms. The van der Waals surface area contributed by atoms with Crippen LogP contribution in [0.25, 0.3) is 0 Å². The number of carbonyl (C=O) groups is 1. The SMILES string of the molecule is O=C(CCc1cccc(C(F)(F)F)c1)N1CCC2(C=CC2)CC1. The van der Waals surface area contributed by atoms with Gasteiger partial charge in [0.2, 0.25) is 5.91 Å². The lowest BCUT2D eigenvalue weighted by molar-refractivity contribution is -0.137. The second-order valence-corrected chi connectivity index (χ2v) is 6.55. The smallest absolute Gasteiger partial charge is 0.343 e. The van der Waals surface area contributed by atoms with Crippen molar-refractivity contribution in [2.75, 3.05) is 13.1 Å². The van der Waals surface area contributed by atoms with Crippen LogP contribution in [-0.2, 0) is 17.4 Å². The van der Waals surface area contributed by atoms with E-state index >= 15 is 0 Å². The summed E-state index contributed by atoms with van der Waals surface area (Å²) in [5.41, 5.74) is 0.223. The molecule has 1 aromatic carbocycles. The number of nitrogens with zero attached hydrogens (tertiary/aromatic N) is 1. The highest BCUT2D eigenvalue weighted by Gasteiger charge is 2.36. The van der Waals surface area contributed by atoms with Crippen molar-refractivity contribution in [3.63, 3.8) is 0 Å². The first-order valence-corrected chi connectivity index (χ1v) is 8.00. The average Bonchev–Trinajstić information content (AvgIpc) is 2.51. The topological polar surface area (TPSA) is 20.3 Å². The number of hydrogen-bond donors (Lipinski definition) is 0. The summed E-state index contributed by atoms with van der Waals surface area (Å²) in [6.45, 7) is 1.51. The number of piperidine rings is 1. The van der Waals surface area contributed by atoms with E-state index < -0.39 is 11.7 Å². The van der Waals surface area contributed by atoms with Gasteiger partial charge in [0.15, 0.2) is 0 Å². The fourth-order valence-corrected chi connectivity index (χ4v) is 3.34. The van der Waals surface area contributed by atoms with Gasteiger partial charge in [0.1, 0.15) is 0 Å². The lowest BCUT2D eigenvalue weighted by atomic mass is 9.69. The van der Waals surface area contributed by atoms with Crippen molar-refractivity contribution in [2.45, 2.75) is 38.3 Å². The van der Waals surface area contributed by atoms with Crippen LogP contribution in [0.5, 0.6) is 0 Å². The van der Waals surface area contributed by atoms with Crippen LogP contribution < -0.4 is 0 Å². The van der Waals surface area contributed by atoms with E-state index in [2.05, 4.69) is 12.2 Å². The molecule has 1 aliphatic heterocycles. The Morgan fingerprint density at radius 1 is 1.22 bits per heavy atom. The van der Waals surface area contributed by atoms with Crippen LogP contribution in [0.15, 0.2) is 36.4 Å². The minimum Gasteiger partial charge on any atom is -0.343 e. The Morgan fingerprint density at radius 3 is 2.48 bits per heavy atom. The summed E-state index contributed by atoms with van der Waals surface area (Å²) in [6.07, 6.45) is 3.81. The number of likely N-dealkylation sites (tertiary alicyclic amines) is 1. The minimum atomic E-state index is -4.34. The summed E-state index contributed by atoms with van der Waals surface area (Å²) in [4.78, 5) is 14.1. The number of aryl methyl sites for hydroxylation is 1. The zero-order valence-corrected chi connectivity index (χ0v) is 12.9. The van der Waals surface area contributed by atoms with Crippen molar-refractivity contribution in [3.05, 3.63) is 47.5 Å². The second kappa shape index (κ2) is 6.02. The minimum absolute atomic E-state index is 0.0422. The van der Waals surface area contributed by atoms with Crippen molar-refractivity contribution in [2.24, 2.45) is 5.41 Å². The Morgan fingerprint density at radius 2 is 1.91 bits per heavy atom. The second-order valence-electron chi connectivity index (χ2n) is 6.55. The molecule has 1 fully saturated rings. The van der Waals surface area contributed by atoms with E-state index in [1.807, 2.05) is 4.90 Å². The van der Waals surface area contributed by atoms with Crippen LogP contribution in [0.3, 0.4) is 0 Å². The number of alkyl halides is 3. The summed E-state index contributed by atoms with van der Waals surface area (Å²) in [5.74, 6) is 0.0422. The molecule has 1 amide bonds. The van der Waals surface area contributed by atoms with Crippen LogP contribution in [0, 0.1) is 5.41 Å². The largest absolute Gasteiger partial charge is 0.416 e. The number of benzene rings is 1. The molecule has 1 saturated heterocycles. The van der Waals surface area contributed by atoms with E-state index in [1.165, 1.54) is 6.07 Å². The molecule has 0 unspecified atom stereocenters. The first kappa shape index (κ1) is 16.1. The van der Waals surface area contributed by atoms with Gasteiger partial charge in [-0.25, -0.2) is 0 Å². The van der Waals surface area contributed by atoms with E-state index in [9.17, 15) is 18.0 Å². The van der Waals surface area contributed by atoms with Gasteiger partial charge in [-0.3, -0.25) is 4.79 Å². The Balaban J connectivity index is 1.52. The summed E-state index contributed by atoms with van der Waals surface area (Å²) in [7, 11) is 0. The van der Waals surface area contributed by atoms with Crippen molar-refractivity contribution in [3.8, 4) is 0 Å². The third kappa shape index (κ3) is 3.59. The van der Waals surface area contributed by atoms with E-state index in [-0.39, 0.29) is 12.3 Å². The van der Waals surface area contributed by atoms with Gasteiger partial charge in [-0.1, -0.05) is 30.4 Å². The summed E-state index contributed by atoms with van der Waals surface area (Å²) in [6, 6.07) is 5.24. The van der Waals surface area contributed by atoms with E-state index in [1.54, 1.807) is 6.07 Å². The highest BCUT2D eigenvalue weighted by molar-refractivity contribution is 5.76. The molecular weight excluding hydrogens is 303 g/mol.